The maximum Gasteiger partial charge on any atom is 0.191 e. The lowest BCUT2D eigenvalue weighted by atomic mass is 10.0. The summed E-state index contributed by atoms with van der Waals surface area (Å²) < 4.78 is 5.50. The van der Waals surface area contributed by atoms with E-state index in [1.54, 1.807) is 0 Å². The molecule has 2 heterocycles. The van der Waals surface area contributed by atoms with Crippen LogP contribution in [0.25, 0.3) is 0 Å². The van der Waals surface area contributed by atoms with Crippen LogP contribution < -0.4 is 10.6 Å². The smallest absolute Gasteiger partial charge is 0.191 e. The Bertz CT molecular complexity index is 506. The first-order chi connectivity index (χ1) is 12.2. The lowest BCUT2D eigenvalue weighted by Crippen LogP contribution is -2.51. The van der Waals surface area contributed by atoms with E-state index in [-0.39, 0.29) is 24.0 Å². The summed E-state index contributed by atoms with van der Waals surface area (Å²) in [7, 11) is 0. The highest BCUT2D eigenvalue weighted by atomic mass is 127. The van der Waals surface area contributed by atoms with E-state index in [1.165, 1.54) is 6.42 Å². The van der Waals surface area contributed by atoms with Gasteiger partial charge in [0, 0.05) is 38.4 Å². The quantitative estimate of drug-likeness (QED) is 0.344. The molecular weight excluding hydrogens is 441 g/mol. The van der Waals surface area contributed by atoms with Gasteiger partial charge in [-0.25, -0.2) is 4.99 Å². The molecule has 0 saturated carbocycles. The first kappa shape index (κ1) is 23.1. The number of halogens is 1. The highest BCUT2D eigenvalue weighted by Crippen LogP contribution is 2.13. The zero-order valence-corrected chi connectivity index (χ0v) is 18.6. The van der Waals surface area contributed by atoms with Gasteiger partial charge < -0.3 is 15.4 Å². The van der Waals surface area contributed by atoms with Crippen LogP contribution in [0.5, 0.6) is 0 Å². The van der Waals surface area contributed by atoms with Crippen LogP contribution in [-0.4, -0.2) is 61.3 Å². The molecule has 2 N–H and O–H groups in total. The Balaban J connectivity index is 0.00000338. The highest BCUT2D eigenvalue weighted by Gasteiger charge is 2.22. The minimum Gasteiger partial charge on any atom is -0.379 e. The van der Waals surface area contributed by atoms with Crippen molar-refractivity contribution in [2.45, 2.75) is 39.8 Å². The molecule has 1 unspecified atom stereocenters. The Morgan fingerprint density at radius 2 is 2.04 bits per heavy atom. The van der Waals surface area contributed by atoms with Gasteiger partial charge in [-0.2, -0.15) is 0 Å². The lowest BCUT2D eigenvalue weighted by molar-refractivity contribution is 0.0132. The molecule has 1 aliphatic rings. The number of ether oxygens (including phenoxy) is 1. The van der Waals surface area contributed by atoms with Gasteiger partial charge in [0.05, 0.1) is 25.5 Å². The van der Waals surface area contributed by atoms with Gasteiger partial charge in [0.15, 0.2) is 5.96 Å². The number of nitrogens with one attached hydrogen (secondary N) is 2. The minimum absolute atomic E-state index is 0. The monoisotopic (exact) mass is 475 g/mol. The van der Waals surface area contributed by atoms with Crippen molar-refractivity contribution < 1.29 is 4.74 Å². The average molecular weight is 475 g/mol. The third-order valence-corrected chi connectivity index (χ3v) is 4.28. The van der Waals surface area contributed by atoms with Gasteiger partial charge >= 0.3 is 0 Å². The van der Waals surface area contributed by atoms with Crippen molar-refractivity contribution in [1.29, 1.82) is 0 Å². The number of pyridine rings is 1. The fraction of sp³-hybridized carbons (Fsp3) is 0.684. The first-order valence-electron chi connectivity index (χ1n) is 9.43. The molecule has 1 aliphatic heterocycles. The summed E-state index contributed by atoms with van der Waals surface area (Å²) in [6.45, 7) is 12.7. The van der Waals surface area contributed by atoms with Gasteiger partial charge in [-0.1, -0.05) is 19.9 Å². The van der Waals surface area contributed by atoms with Crippen LogP contribution in [0.15, 0.2) is 29.4 Å². The molecule has 1 saturated heterocycles. The van der Waals surface area contributed by atoms with Gasteiger partial charge in [-0.15, -0.1) is 24.0 Å². The second kappa shape index (κ2) is 13.3. The molecule has 0 bridgehead atoms. The van der Waals surface area contributed by atoms with Gasteiger partial charge in [0.25, 0.3) is 0 Å². The zero-order chi connectivity index (χ0) is 17.9. The standard InChI is InChI=1S/C19H33N5O.HI/c1-4-20-19(22-14-17-7-5-6-8-21-17)23-15-18(13-16(2)3)24-9-11-25-12-10-24;/h5-8,16,18H,4,9-15H2,1-3H3,(H2,20,22,23);1H. The third-order valence-electron chi connectivity index (χ3n) is 4.28. The predicted molar refractivity (Wildman–Crippen MR) is 118 cm³/mol. The number of guanidine groups is 1. The summed E-state index contributed by atoms with van der Waals surface area (Å²) >= 11 is 0. The van der Waals surface area contributed by atoms with Crippen molar-refractivity contribution in [2.75, 3.05) is 39.4 Å². The second-order valence-electron chi connectivity index (χ2n) is 6.83. The molecule has 0 aromatic carbocycles. The third kappa shape index (κ3) is 8.64. The molecule has 26 heavy (non-hydrogen) atoms. The minimum atomic E-state index is 0. The molecule has 0 amide bonds. The highest BCUT2D eigenvalue weighted by molar-refractivity contribution is 14.0. The molecular formula is C19H34IN5O. The Kier molecular flexibility index (Phi) is 11.8. The number of rotatable bonds is 8. The topological polar surface area (TPSA) is 61.8 Å². The molecule has 2 rings (SSSR count). The molecule has 6 nitrogen and oxygen atoms in total. The summed E-state index contributed by atoms with van der Waals surface area (Å²) in [5.74, 6) is 1.53. The first-order valence-corrected chi connectivity index (χ1v) is 9.43. The normalized spacial score (nSPS) is 16.8. The number of aliphatic imine (C=N–C) groups is 1. The molecule has 1 aromatic heterocycles. The molecule has 1 fully saturated rings. The van der Waals surface area contributed by atoms with E-state index in [0.717, 1.165) is 51.0 Å². The molecule has 0 aliphatic carbocycles. The number of hydrogen-bond donors (Lipinski definition) is 2. The summed E-state index contributed by atoms with van der Waals surface area (Å²) in [6, 6.07) is 6.43. The van der Waals surface area contributed by atoms with E-state index in [9.17, 15) is 0 Å². The molecule has 148 valence electrons. The number of aromatic nitrogens is 1. The van der Waals surface area contributed by atoms with E-state index in [1.807, 2.05) is 24.4 Å². The van der Waals surface area contributed by atoms with Gasteiger partial charge in [-0.05, 0) is 31.4 Å². The van der Waals surface area contributed by atoms with Crippen LogP contribution in [0, 0.1) is 5.92 Å². The fourth-order valence-corrected chi connectivity index (χ4v) is 3.06. The number of nitrogens with zero attached hydrogens (tertiary/aromatic N) is 3. The zero-order valence-electron chi connectivity index (χ0n) is 16.3. The van der Waals surface area contributed by atoms with Crippen LogP contribution in [0.1, 0.15) is 32.9 Å². The van der Waals surface area contributed by atoms with E-state index in [0.29, 0.717) is 18.5 Å². The van der Waals surface area contributed by atoms with E-state index in [2.05, 4.69) is 46.3 Å². The molecule has 1 aromatic rings. The van der Waals surface area contributed by atoms with Gasteiger partial charge in [-0.3, -0.25) is 9.88 Å². The van der Waals surface area contributed by atoms with Crippen LogP contribution >= 0.6 is 24.0 Å². The SMILES string of the molecule is CCNC(=NCc1ccccn1)NCC(CC(C)C)N1CCOCC1.I. The molecule has 0 spiro atoms. The summed E-state index contributed by atoms with van der Waals surface area (Å²) in [5.41, 5.74) is 0.978. The lowest BCUT2D eigenvalue weighted by Gasteiger charge is -2.35. The fourth-order valence-electron chi connectivity index (χ4n) is 3.06. The maximum atomic E-state index is 5.50. The second-order valence-corrected chi connectivity index (χ2v) is 6.83. The van der Waals surface area contributed by atoms with Crippen molar-refractivity contribution in [3.05, 3.63) is 30.1 Å². The van der Waals surface area contributed by atoms with Crippen molar-refractivity contribution >= 4 is 29.9 Å². The van der Waals surface area contributed by atoms with Crippen LogP contribution in [0.2, 0.25) is 0 Å². The number of morpholine rings is 1. The van der Waals surface area contributed by atoms with Gasteiger partial charge in [0.2, 0.25) is 0 Å². The van der Waals surface area contributed by atoms with E-state index in [4.69, 9.17) is 4.74 Å². The van der Waals surface area contributed by atoms with Crippen molar-refractivity contribution in [1.82, 2.24) is 20.5 Å². The molecule has 7 heteroatoms. The summed E-state index contributed by atoms with van der Waals surface area (Å²) in [5, 5.41) is 6.85. The van der Waals surface area contributed by atoms with E-state index >= 15 is 0 Å². The van der Waals surface area contributed by atoms with Crippen molar-refractivity contribution in [3.8, 4) is 0 Å². The van der Waals surface area contributed by atoms with Crippen LogP contribution in [0.4, 0.5) is 0 Å². The van der Waals surface area contributed by atoms with Crippen LogP contribution in [-0.2, 0) is 11.3 Å². The Labute approximate surface area is 175 Å². The Morgan fingerprint density at radius 1 is 1.27 bits per heavy atom. The van der Waals surface area contributed by atoms with Crippen LogP contribution in [0.3, 0.4) is 0 Å². The summed E-state index contributed by atoms with van der Waals surface area (Å²) in [6.07, 6.45) is 2.98. The van der Waals surface area contributed by atoms with Gasteiger partial charge in [0.1, 0.15) is 0 Å². The van der Waals surface area contributed by atoms with Crippen molar-refractivity contribution in [2.24, 2.45) is 10.9 Å². The Morgan fingerprint density at radius 3 is 2.65 bits per heavy atom. The van der Waals surface area contributed by atoms with E-state index < -0.39 is 0 Å². The Hall–Kier alpha value is -0.930. The predicted octanol–water partition coefficient (Wildman–Crippen LogP) is 2.50. The van der Waals surface area contributed by atoms with Crippen molar-refractivity contribution in [3.63, 3.8) is 0 Å². The summed E-state index contributed by atoms with van der Waals surface area (Å²) in [4.78, 5) is 11.5. The molecule has 1 atom stereocenters. The maximum absolute atomic E-state index is 5.50. The molecule has 0 radical (unpaired) electrons. The largest absolute Gasteiger partial charge is 0.379 e. The number of hydrogen-bond acceptors (Lipinski definition) is 4. The average Bonchev–Trinajstić information content (AvgIpc) is 2.64.